The van der Waals surface area contributed by atoms with Crippen molar-refractivity contribution in [3.8, 4) is 0 Å². The number of hydrogen-bond acceptors (Lipinski definition) is 4. The summed E-state index contributed by atoms with van der Waals surface area (Å²) in [4.78, 5) is 25.5. The van der Waals surface area contributed by atoms with Gasteiger partial charge in [-0.3, -0.25) is 9.59 Å². The maximum absolute atomic E-state index is 12.2. The molecule has 4 nitrogen and oxygen atoms in total. The first kappa shape index (κ1) is 17.3. The molecule has 0 aromatic heterocycles. The van der Waals surface area contributed by atoms with Crippen LogP contribution in [0.15, 0.2) is 0 Å². The Bertz CT molecular complexity index is 343. The number of ether oxygens (including phenoxy) is 1. The summed E-state index contributed by atoms with van der Waals surface area (Å²) in [6.07, 6.45) is 2.63. The molecule has 0 atom stereocenters. The van der Waals surface area contributed by atoms with E-state index < -0.39 is 0 Å². The Morgan fingerprint density at radius 3 is 2.15 bits per heavy atom. The molecule has 0 N–H and O–H groups in total. The van der Waals surface area contributed by atoms with Gasteiger partial charge in [0.25, 0.3) is 0 Å². The smallest absolute Gasteiger partial charge is 0.306 e. The van der Waals surface area contributed by atoms with Crippen LogP contribution in [-0.4, -0.2) is 47.5 Å². The number of carbonyl (C=O) groups excluding carboxylic acids is 2. The van der Waals surface area contributed by atoms with Gasteiger partial charge in [-0.25, -0.2) is 0 Å². The van der Waals surface area contributed by atoms with Crippen molar-refractivity contribution in [2.75, 3.05) is 18.6 Å². The van der Waals surface area contributed by atoms with E-state index in [1.807, 2.05) is 32.6 Å². The summed E-state index contributed by atoms with van der Waals surface area (Å²) in [5, 5.41) is 0. The number of thioether (sulfide) groups is 1. The maximum Gasteiger partial charge on any atom is 0.306 e. The van der Waals surface area contributed by atoms with Gasteiger partial charge in [0.15, 0.2) is 0 Å². The van der Waals surface area contributed by atoms with E-state index in [-0.39, 0.29) is 29.4 Å². The molecule has 0 saturated heterocycles. The Morgan fingerprint density at radius 2 is 1.75 bits per heavy atom. The highest BCUT2D eigenvalue weighted by Crippen LogP contribution is 2.51. The van der Waals surface area contributed by atoms with Crippen LogP contribution in [0.2, 0.25) is 0 Å². The van der Waals surface area contributed by atoms with Gasteiger partial charge < -0.3 is 9.64 Å². The molecule has 116 valence electrons. The van der Waals surface area contributed by atoms with Crippen molar-refractivity contribution >= 4 is 23.6 Å². The predicted molar refractivity (Wildman–Crippen MR) is 82.7 cm³/mol. The highest BCUT2D eigenvalue weighted by Gasteiger charge is 2.44. The summed E-state index contributed by atoms with van der Waals surface area (Å²) in [7, 11) is 1.43. The van der Waals surface area contributed by atoms with E-state index in [1.54, 1.807) is 11.8 Å². The third kappa shape index (κ3) is 5.00. The molecule has 1 aliphatic rings. The Hall–Kier alpha value is -0.710. The third-order valence-corrected chi connectivity index (χ3v) is 5.01. The van der Waals surface area contributed by atoms with Gasteiger partial charge in [0, 0.05) is 12.1 Å². The molecule has 1 rings (SSSR count). The molecule has 0 spiro atoms. The Balaban J connectivity index is 2.37. The number of carbonyl (C=O) groups is 2. The summed E-state index contributed by atoms with van der Waals surface area (Å²) in [5.74, 6) is 1.42. The van der Waals surface area contributed by atoms with Crippen molar-refractivity contribution in [3.63, 3.8) is 0 Å². The Labute approximate surface area is 126 Å². The lowest BCUT2D eigenvalue weighted by Gasteiger charge is -2.30. The topological polar surface area (TPSA) is 46.6 Å². The number of amides is 1. The molecule has 1 amide bonds. The van der Waals surface area contributed by atoms with Gasteiger partial charge in [-0.05, 0) is 51.7 Å². The second-order valence-electron chi connectivity index (χ2n) is 6.23. The molecular formula is C15H27NO3S. The first-order valence-electron chi connectivity index (χ1n) is 7.27. The van der Waals surface area contributed by atoms with Gasteiger partial charge in [0.2, 0.25) is 5.91 Å². The molecule has 20 heavy (non-hydrogen) atoms. The first-order chi connectivity index (χ1) is 9.31. The summed E-state index contributed by atoms with van der Waals surface area (Å²) >= 11 is 1.65. The first-order valence-corrected chi connectivity index (χ1v) is 8.42. The number of hydrogen-bond donors (Lipinski definition) is 0. The van der Waals surface area contributed by atoms with Crippen LogP contribution in [0, 0.1) is 5.41 Å². The van der Waals surface area contributed by atoms with Crippen LogP contribution in [0.3, 0.4) is 0 Å². The Morgan fingerprint density at radius 1 is 1.20 bits per heavy atom. The molecule has 5 heteroatoms. The van der Waals surface area contributed by atoms with Gasteiger partial charge >= 0.3 is 5.97 Å². The summed E-state index contributed by atoms with van der Waals surface area (Å²) in [6, 6.07) is 0.459. The zero-order valence-corrected chi connectivity index (χ0v) is 14.1. The summed E-state index contributed by atoms with van der Waals surface area (Å²) < 4.78 is 4.73. The molecule has 1 aliphatic carbocycles. The van der Waals surface area contributed by atoms with Gasteiger partial charge in [-0.2, -0.15) is 11.8 Å². The monoisotopic (exact) mass is 301 g/mol. The van der Waals surface area contributed by atoms with E-state index in [1.165, 1.54) is 7.11 Å². The minimum Gasteiger partial charge on any atom is -0.469 e. The Kier molecular flexibility index (Phi) is 6.37. The standard InChI is InChI=1S/C15H27NO3S/c1-11(2)16(12(3)4)13(17)9-20-10-15(6-7-15)8-14(18)19-5/h11-12H,6-10H2,1-5H3. The van der Waals surface area contributed by atoms with Gasteiger partial charge in [0.1, 0.15) is 0 Å². The molecule has 0 aliphatic heterocycles. The van der Waals surface area contributed by atoms with Gasteiger partial charge in [-0.15, -0.1) is 0 Å². The van der Waals surface area contributed by atoms with E-state index in [9.17, 15) is 9.59 Å². The molecule has 0 unspecified atom stereocenters. The van der Waals surface area contributed by atoms with Crippen molar-refractivity contribution in [1.82, 2.24) is 4.90 Å². The van der Waals surface area contributed by atoms with Crippen molar-refractivity contribution in [3.05, 3.63) is 0 Å². The van der Waals surface area contributed by atoms with Crippen molar-refractivity contribution in [2.24, 2.45) is 5.41 Å². The van der Waals surface area contributed by atoms with E-state index in [0.29, 0.717) is 12.2 Å². The summed E-state index contributed by atoms with van der Waals surface area (Å²) in [5.41, 5.74) is 0.0958. The normalized spacial score (nSPS) is 16.4. The van der Waals surface area contributed by atoms with Crippen LogP contribution in [0.5, 0.6) is 0 Å². The van der Waals surface area contributed by atoms with Crippen molar-refractivity contribution in [1.29, 1.82) is 0 Å². The largest absolute Gasteiger partial charge is 0.469 e. The van der Waals surface area contributed by atoms with E-state index in [2.05, 4.69) is 0 Å². The van der Waals surface area contributed by atoms with Crippen LogP contribution < -0.4 is 0 Å². The van der Waals surface area contributed by atoms with Crippen LogP contribution in [0.25, 0.3) is 0 Å². The lowest BCUT2D eigenvalue weighted by atomic mass is 10.1. The van der Waals surface area contributed by atoms with Gasteiger partial charge in [0.05, 0.1) is 19.3 Å². The molecule has 0 bridgehead atoms. The second-order valence-corrected chi connectivity index (χ2v) is 7.22. The minimum atomic E-state index is -0.139. The van der Waals surface area contributed by atoms with Crippen molar-refractivity contribution in [2.45, 2.75) is 59.0 Å². The fourth-order valence-corrected chi connectivity index (χ4v) is 3.78. The number of esters is 1. The quantitative estimate of drug-likeness (QED) is 0.647. The molecule has 0 radical (unpaired) electrons. The molecule has 1 fully saturated rings. The fraction of sp³-hybridized carbons (Fsp3) is 0.867. The molecule has 0 aromatic rings. The highest BCUT2D eigenvalue weighted by atomic mass is 32.2. The second kappa shape index (κ2) is 7.34. The zero-order chi connectivity index (χ0) is 15.3. The molecule has 1 saturated carbocycles. The van der Waals surface area contributed by atoms with Crippen molar-refractivity contribution < 1.29 is 14.3 Å². The highest BCUT2D eigenvalue weighted by molar-refractivity contribution is 7.99. The van der Waals surface area contributed by atoms with E-state index in [4.69, 9.17) is 4.74 Å². The summed E-state index contributed by atoms with van der Waals surface area (Å²) in [6.45, 7) is 8.18. The van der Waals surface area contributed by atoms with E-state index in [0.717, 1.165) is 18.6 Å². The third-order valence-electron chi connectivity index (χ3n) is 3.74. The number of rotatable bonds is 8. The van der Waals surface area contributed by atoms with E-state index >= 15 is 0 Å². The number of nitrogens with zero attached hydrogens (tertiary/aromatic N) is 1. The lowest BCUT2D eigenvalue weighted by Crippen LogP contribution is -2.43. The number of methoxy groups -OCH3 is 1. The van der Waals surface area contributed by atoms with Crippen LogP contribution in [0.4, 0.5) is 0 Å². The average Bonchev–Trinajstić information content (AvgIpc) is 3.07. The zero-order valence-electron chi connectivity index (χ0n) is 13.3. The van der Waals surface area contributed by atoms with Crippen LogP contribution >= 0.6 is 11.8 Å². The fourth-order valence-electron chi connectivity index (χ4n) is 2.53. The predicted octanol–water partition coefficient (Wildman–Crippen LogP) is 2.71. The van der Waals surface area contributed by atoms with Crippen LogP contribution in [-0.2, 0) is 14.3 Å². The average molecular weight is 301 g/mol. The molecule has 0 aromatic carbocycles. The van der Waals surface area contributed by atoms with Gasteiger partial charge in [-0.1, -0.05) is 0 Å². The SMILES string of the molecule is COC(=O)CC1(CSCC(=O)N(C(C)C)C(C)C)CC1. The molecule has 0 heterocycles. The lowest BCUT2D eigenvalue weighted by molar-refractivity contribution is -0.141. The maximum atomic E-state index is 12.2. The van der Waals surface area contributed by atoms with Crippen LogP contribution in [0.1, 0.15) is 47.0 Å². The molecular weight excluding hydrogens is 274 g/mol. The minimum absolute atomic E-state index is 0.0958.